The van der Waals surface area contributed by atoms with Crippen molar-refractivity contribution in [3.63, 3.8) is 0 Å². The van der Waals surface area contributed by atoms with Gasteiger partial charge in [0.2, 0.25) is 0 Å². The Morgan fingerprint density at radius 1 is 1.56 bits per heavy atom. The third-order valence-corrected chi connectivity index (χ3v) is 3.26. The van der Waals surface area contributed by atoms with Crippen LogP contribution in [0.1, 0.15) is 18.9 Å². The molecule has 0 radical (unpaired) electrons. The predicted octanol–water partition coefficient (Wildman–Crippen LogP) is 2.52. The number of methoxy groups -OCH3 is 1. The highest BCUT2D eigenvalue weighted by atomic mass is 79.9. The Balaban J connectivity index is 2.61. The number of nitrogens with one attached hydrogen (secondary N) is 1. The number of benzene rings is 1. The van der Waals surface area contributed by atoms with Crippen molar-refractivity contribution >= 4 is 21.6 Å². The molecule has 0 aliphatic heterocycles. The van der Waals surface area contributed by atoms with Crippen molar-refractivity contribution in [3.8, 4) is 6.07 Å². The molecule has 18 heavy (non-hydrogen) atoms. The second-order valence-corrected chi connectivity index (χ2v) is 5.25. The summed E-state index contributed by atoms with van der Waals surface area (Å²) in [7, 11) is 1.61. The second kappa shape index (κ2) is 6.74. The van der Waals surface area contributed by atoms with Gasteiger partial charge in [-0.25, -0.2) is 0 Å². The SMILES string of the molecule is COCCC(C)(O)CNc1ccc(C#N)cc1Br. The van der Waals surface area contributed by atoms with Gasteiger partial charge >= 0.3 is 0 Å². The number of aliphatic hydroxyl groups is 1. The average molecular weight is 313 g/mol. The summed E-state index contributed by atoms with van der Waals surface area (Å²) < 4.78 is 5.76. The Morgan fingerprint density at radius 2 is 2.28 bits per heavy atom. The van der Waals surface area contributed by atoms with Crippen LogP contribution < -0.4 is 5.32 Å². The fourth-order valence-corrected chi connectivity index (χ4v) is 1.94. The van der Waals surface area contributed by atoms with Crippen LogP contribution >= 0.6 is 15.9 Å². The third-order valence-electron chi connectivity index (χ3n) is 2.60. The van der Waals surface area contributed by atoms with Crippen LogP contribution in [-0.2, 0) is 4.74 Å². The number of anilines is 1. The average Bonchev–Trinajstić information content (AvgIpc) is 2.35. The smallest absolute Gasteiger partial charge is 0.0992 e. The normalized spacial score (nSPS) is 13.7. The summed E-state index contributed by atoms with van der Waals surface area (Å²) in [6.45, 7) is 2.70. The monoisotopic (exact) mass is 312 g/mol. The lowest BCUT2D eigenvalue weighted by Crippen LogP contribution is -2.34. The van der Waals surface area contributed by atoms with E-state index in [-0.39, 0.29) is 0 Å². The summed E-state index contributed by atoms with van der Waals surface area (Å²) in [5.41, 5.74) is 0.619. The molecule has 0 saturated heterocycles. The van der Waals surface area contributed by atoms with Crippen molar-refractivity contribution < 1.29 is 9.84 Å². The molecular formula is C13H17BrN2O2. The van der Waals surface area contributed by atoms with Crippen LogP contribution in [0.15, 0.2) is 22.7 Å². The molecule has 1 unspecified atom stereocenters. The summed E-state index contributed by atoms with van der Waals surface area (Å²) >= 11 is 3.39. The maximum absolute atomic E-state index is 10.1. The van der Waals surface area contributed by atoms with Gasteiger partial charge in [-0.3, -0.25) is 0 Å². The van der Waals surface area contributed by atoms with E-state index in [1.807, 2.05) is 6.07 Å². The van der Waals surface area contributed by atoms with Crippen molar-refractivity contribution in [2.45, 2.75) is 18.9 Å². The van der Waals surface area contributed by atoms with Crippen LogP contribution in [-0.4, -0.2) is 31.0 Å². The minimum Gasteiger partial charge on any atom is -0.388 e. The van der Waals surface area contributed by atoms with Gasteiger partial charge in [-0.1, -0.05) is 0 Å². The molecule has 0 spiro atoms. The van der Waals surface area contributed by atoms with Gasteiger partial charge in [0, 0.05) is 36.8 Å². The molecule has 98 valence electrons. The van der Waals surface area contributed by atoms with Gasteiger partial charge in [0.25, 0.3) is 0 Å². The largest absolute Gasteiger partial charge is 0.388 e. The van der Waals surface area contributed by atoms with Gasteiger partial charge in [-0.15, -0.1) is 0 Å². The topological polar surface area (TPSA) is 65.3 Å². The van der Waals surface area contributed by atoms with Gasteiger partial charge in [0.05, 0.1) is 17.2 Å². The molecule has 0 aliphatic carbocycles. The molecule has 0 aliphatic rings. The molecule has 1 aromatic carbocycles. The molecule has 1 atom stereocenters. The van der Waals surface area contributed by atoms with E-state index in [1.54, 1.807) is 26.2 Å². The minimum atomic E-state index is -0.830. The van der Waals surface area contributed by atoms with Crippen molar-refractivity contribution in [1.82, 2.24) is 0 Å². The van der Waals surface area contributed by atoms with E-state index in [1.165, 1.54) is 0 Å². The number of rotatable bonds is 6. The lowest BCUT2D eigenvalue weighted by molar-refractivity contribution is 0.0357. The van der Waals surface area contributed by atoms with E-state index in [0.29, 0.717) is 25.1 Å². The Kier molecular flexibility index (Phi) is 5.60. The molecular weight excluding hydrogens is 296 g/mol. The minimum absolute atomic E-state index is 0.418. The molecule has 1 aromatic rings. The summed E-state index contributed by atoms with van der Waals surface area (Å²) in [5.74, 6) is 0. The van der Waals surface area contributed by atoms with Gasteiger partial charge < -0.3 is 15.2 Å². The molecule has 0 heterocycles. The van der Waals surface area contributed by atoms with Crippen molar-refractivity contribution in [2.75, 3.05) is 25.6 Å². The molecule has 0 fully saturated rings. The maximum Gasteiger partial charge on any atom is 0.0992 e. The van der Waals surface area contributed by atoms with Crippen LogP contribution in [0.25, 0.3) is 0 Å². The Labute approximate surface area is 116 Å². The van der Waals surface area contributed by atoms with Crippen LogP contribution in [0.4, 0.5) is 5.69 Å². The van der Waals surface area contributed by atoms with E-state index >= 15 is 0 Å². The Morgan fingerprint density at radius 3 is 2.83 bits per heavy atom. The fraction of sp³-hybridized carbons (Fsp3) is 0.462. The molecule has 0 bridgehead atoms. The number of hydrogen-bond acceptors (Lipinski definition) is 4. The van der Waals surface area contributed by atoms with E-state index in [0.717, 1.165) is 10.2 Å². The lowest BCUT2D eigenvalue weighted by atomic mass is 10.0. The molecule has 0 amide bonds. The predicted molar refractivity (Wildman–Crippen MR) is 74.5 cm³/mol. The second-order valence-electron chi connectivity index (χ2n) is 4.40. The van der Waals surface area contributed by atoms with E-state index < -0.39 is 5.60 Å². The zero-order valence-corrected chi connectivity index (χ0v) is 12.1. The fourth-order valence-electron chi connectivity index (χ4n) is 1.42. The maximum atomic E-state index is 10.1. The van der Waals surface area contributed by atoms with Crippen molar-refractivity contribution in [3.05, 3.63) is 28.2 Å². The Hall–Kier alpha value is -1.09. The first kappa shape index (κ1) is 15.0. The van der Waals surface area contributed by atoms with E-state index in [4.69, 9.17) is 10.00 Å². The van der Waals surface area contributed by atoms with E-state index in [9.17, 15) is 5.11 Å². The first-order chi connectivity index (χ1) is 8.48. The zero-order valence-electron chi connectivity index (χ0n) is 10.5. The van der Waals surface area contributed by atoms with Crippen LogP contribution in [0.2, 0.25) is 0 Å². The lowest BCUT2D eigenvalue weighted by Gasteiger charge is -2.24. The molecule has 2 N–H and O–H groups in total. The van der Waals surface area contributed by atoms with Crippen LogP contribution in [0.5, 0.6) is 0 Å². The van der Waals surface area contributed by atoms with Crippen molar-refractivity contribution in [1.29, 1.82) is 5.26 Å². The molecule has 0 saturated carbocycles. The highest BCUT2D eigenvalue weighted by Crippen LogP contribution is 2.24. The van der Waals surface area contributed by atoms with Gasteiger partial charge in [0.1, 0.15) is 0 Å². The molecule has 4 nitrogen and oxygen atoms in total. The van der Waals surface area contributed by atoms with Crippen LogP contribution in [0.3, 0.4) is 0 Å². The quantitative estimate of drug-likeness (QED) is 0.847. The highest BCUT2D eigenvalue weighted by Gasteiger charge is 2.19. The molecule has 5 heteroatoms. The number of ether oxygens (including phenoxy) is 1. The third kappa shape index (κ3) is 4.65. The molecule has 1 rings (SSSR count). The first-order valence-electron chi connectivity index (χ1n) is 5.63. The molecule has 0 aromatic heterocycles. The standard InChI is InChI=1S/C13H17BrN2O2/c1-13(17,5-6-18-2)9-16-12-4-3-10(8-15)7-11(12)14/h3-4,7,16-17H,5-6,9H2,1-2H3. The number of nitriles is 1. The number of nitrogens with zero attached hydrogens (tertiary/aromatic N) is 1. The van der Waals surface area contributed by atoms with Gasteiger partial charge in [-0.05, 0) is 41.1 Å². The number of halogens is 1. The van der Waals surface area contributed by atoms with Crippen LogP contribution in [0, 0.1) is 11.3 Å². The summed E-state index contributed by atoms with van der Waals surface area (Å²) in [4.78, 5) is 0. The van der Waals surface area contributed by atoms with E-state index in [2.05, 4.69) is 27.3 Å². The van der Waals surface area contributed by atoms with Crippen molar-refractivity contribution in [2.24, 2.45) is 0 Å². The summed E-state index contributed by atoms with van der Waals surface area (Å²) in [5, 5.41) is 22.0. The van der Waals surface area contributed by atoms with Gasteiger partial charge in [0.15, 0.2) is 0 Å². The summed E-state index contributed by atoms with van der Waals surface area (Å²) in [6, 6.07) is 7.36. The zero-order chi connectivity index (χ0) is 13.6. The summed E-state index contributed by atoms with van der Waals surface area (Å²) in [6.07, 6.45) is 0.560. The van der Waals surface area contributed by atoms with Gasteiger partial charge in [-0.2, -0.15) is 5.26 Å². The number of hydrogen-bond donors (Lipinski definition) is 2. The highest BCUT2D eigenvalue weighted by molar-refractivity contribution is 9.10. The first-order valence-corrected chi connectivity index (χ1v) is 6.42. The Bertz CT molecular complexity index is 441.